The zero-order chi connectivity index (χ0) is 20.9. The fraction of sp³-hybridized carbons (Fsp3) is 0.400. The average Bonchev–Trinajstić information content (AvgIpc) is 3.07. The summed E-state index contributed by atoms with van der Waals surface area (Å²) in [4.78, 5) is 16.6. The highest BCUT2D eigenvalue weighted by Crippen LogP contribution is 2.34. The van der Waals surface area contributed by atoms with Gasteiger partial charge < -0.3 is 15.4 Å². The van der Waals surface area contributed by atoms with Crippen molar-refractivity contribution >= 4 is 27.4 Å². The number of aromatic nitrogens is 1. The number of anilines is 2. The third-order valence-electron chi connectivity index (χ3n) is 4.63. The Morgan fingerprint density at radius 3 is 2.72 bits per heavy atom. The summed E-state index contributed by atoms with van der Waals surface area (Å²) in [6.45, 7) is 1.23. The van der Waals surface area contributed by atoms with Crippen molar-refractivity contribution in [2.45, 2.75) is 25.3 Å². The number of nitrogens with zero attached hydrogens (tertiary/aromatic N) is 1. The Kier molecular flexibility index (Phi) is 6.71. The lowest BCUT2D eigenvalue weighted by Crippen LogP contribution is -2.31. The molecule has 29 heavy (non-hydrogen) atoms. The molecule has 0 aliphatic carbocycles. The van der Waals surface area contributed by atoms with E-state index in [0.717, 1.165) is 35.2 Å². The van der Waals surface area contributed by atoms with Crippen LogP contribution in [0.15, 0.2) is 36.5 Å². The number of sulfonamides is 1. The molecule has 2 heterocycles. The van der Waals surface area contributed by atoms with Crippen LogP contribution in [0.25, 0.3) is 11.1 Å². The number of pyridine rings is 1. The molecule has 1 amide bonds. The van der Waals surface area contributed by atoms with Crippen LogP contribution in [-0.4, -0.2) is 51.9 Å². The lowest BCUT2D eigenvalue weighted by molar-refractivity contribution is -0.121. The highest BCUT2D eigenvalue weighted by molar-refractivity contribution is 7.92. The van der Waals surface area contributed by atoms with E-state index in [1.54, 1.807) is 25.4 Å². The van der Waals surface area contributed by atoms with Crippen LogP contribution in [0.3, 0.4) is 0 Å². The summed E-state index contributed by atoms with van der Waals surface area (Å²) in [6, 6.07) is 9.14. The molecule has 0 radical (unpaired) electrons. The number of rotatable bonds is 9. The molecule has 0 spiro atoms. The summed E-state index contributed by atoms with van der Waals surface area (Å²) < 4.78 is 30.2. The predicted molar refractivity (Wildman–Crippen MR) is 113 cm³/mol. The van der Waals surface area contributed by atoms with Crippen molar-refractivity contribution in [2.24, 2.45) is 0 Å². The van der Waals surface area contributed by atoms with Crippen molar-refractivity contribution in [2.75, 3.05) is 36.6 Å². The third-order valence-corrected chi connectivity index (χ3v) is 5.23. The van der Waals surface area contributed by atoms with Crippen molar-refractivity contribution in [1.29, 1.82) is 0 Å². The number of hydrogen-bond donors (Lipinski definition) is 3. The minimum atomic E-state index is -3.31. The lowest BCUT2D eigenvalue weighted by atomic mass is 9.98. The second-order valence-electron chi connectivity index (χ2n) is 7.08. The molecule has 156 valence electrons. The number of ether oxygens (including phenoxy) is 1. The molecular formula is C20H26N4O4S. The number of carbonyl (C=O) groups is 1. The van der Waals surface area contributed by atoms with E-state index in [1.165, 1.54) is 0 Å². The van der Waals surface area contributed by atoms with Crippen LogP contribution in [0.5, 0.6) is 0 Å². The Hall–Kier alpha value is -2.65. The van der Waals surface area contributed by atoms with E-state index in [-0.39, 0.29) is 11.9 Å². The highest BCUT2D eigenvalue weighted by Gasteiger charge is 2.26. The first-order valence-electron chi connectivity index (χ1n) is 9.44. The van der Waals surface area contributed by atoms with Crippen molar-refractivity contribution in [1.82, 2.24) is 10.3 Å². The molecule has 1 unspecified atom stereocenters. The molecule has 1 aromatic carbocycles. The maximum absolute atomic E-state index is 12.2. The zero-order valence-corrected chi connectivity index (χ0v) is 17.4. The summed E-state index contributed by atoms with van der Waals surface area (Å²) in [5.41, 5.74) is 3.57. The van der Waals surface area contributed by atoms with Gasteiger partial charge in [-0.25, -0.2) is 13.4 Å². The van der Waals surface area contributed by atoms with Crippen LogP contribution in [0.1, 0.15) is 18.4 Å². The SMILES string of the molecule is COCCCNC(=O)CC1Cc2c(-c3ccc(NS(C)(=O)=O)cc3)ccnc2N1. The van der Waals surface area contributed by atoms with E-state index in [9.17, 15) is 13.2 Å². The van der Waals surface area contributed by atoms with E-state index >= 15 is 0 Å². The van der Waals surface area contributed by atoms with Crippen LogP contribution < -0.4 is 15.4 Å². The molecule has 3 N–H and O–H groups in total. The van der Waals surface area contributed by atoms with Gasteiger partial charge >= 0.3 is 0 Å². The minimum Gasteiger partial charge on any atom is -0.385 e. The second kappa shape index (κ2) is 9.23. The normalized spacial score (nSPS) is 15.4. The van der Waals surface area contributed by atoms with Gasteiger partial charge in [-0.2, -0.15) is 0 Å². The summed E-state index contributed by atoms with van der Waals surface area (Å²) >= 11 is 0. The van der Waals surface area contributed by atoms with Gasteiger partial charge in [0, 0.05) is 50.2 Å². The molecule has 9 heteroatoms. The Morgan fingerprint density at radius 2 is 2.03 bits per heavy atom. The number of methoxy groups -OCH3 is 1. The molecular weight excluding hydrogens is 392 g/mol. The Morgan fingerprint density at radius 1 is 1.28 bits per heavy atom. The molecule has 8 nitrogen and oxygen atoms in total. The molecule has 1 aliphatic rings. The standard InChI is InChI=1S/C20H26N4O4S/c1-28-11-3-9-21-19(25)13-16-12-18-17(8-10-22-20(18)23-16)14-4-6-15(7-5-14)24-29(2,26)27/h4-8,10,16,24H,3,9,11-13H2,1-2H3,(H,21,25)(H,22,23). The topological polar surface area (TPSA) is 109 Å². The van der Waals surface area contributed by atoms with Crippen LogP contribution in [0.4, 0.5) is 11.5 Å². The smallest absolute Gasteiger partial charge is 0.229 e. The minimum absolute atomic E-state index is 0.00385. The van der Waals surface area contributed by atoms with E-state index < -0.39 is 10.0 Å². The van der Waals surface area contributed by atoms with Gasteiger partial charge in [0.15, 0.2) is 0 Å². The van der Waals surface area contributed by atoms with Gasteiger partial charge in [0.25, 0.3) is 0 Å². The van der Waals surface area contributed by atoms with E-state index in [0.29, 0.717) is 31.7 Å². The zero-order valence-electron chi connectivity index (χ0n) is 16.6. The van der Waals surface area contributed by atoms with Gasteiger partial charge in [-0.15, -0.1) is 0 Å². The maximum Gasteiger partial charge on any atom is 0.229 e. The number of fused-ring (bicyclic) bond motifs is 1. The molecule has 1 aliphatic heterocycles. The third kappa shape index (κ3) is 5.91. The number of amides is 1. The van der Waals surface area contributed by atoms with Crippen molar-refractivity contribution in [3.05, 3.63) is 42.1 Å². The van der Waals surface area contributed by atoms with Crippen LogP contribution >= 0.6 is 0 Å². The first-order valence-corrected chi connectivity index (χ1v) is 11.3. The quantitative estimate of drug-likeness (QED) is 0.538. The lowest BCUT2D eigenvalue weighted by Gasteiger charge is -2.11. The Bertz CT molecular complexity index is 961. The van der Waals surface area contributed by atoms with E-state index in [1.807, 2.05) is 18.2 Å². The van der Waals surface area contributed by atoms with Gasteiger partial charge in [-0.1, -0.05) is 12.1 Å². The van der Waals surface area contributed by atoms with Gasteiger partial charge in [-0.3, -0.25) is 9.52 Å². The summed E-state index contributed by atoms with van der Waals surface area (Å²) in [5.74, 6) is 0.794. The first kappa shape index (κ1) is 21.1. The Balaban J connectivity index is 1.66. The second-order valence-corrected chi connectivity index (χ2v) is 8.83. The van der Waals surface area contributed by atoms with Crippen molar-refractivity contribution < 1.29 is 17.9 Å². The summed E-state index contributed by atoms with van der Waals surface area (Å²) in [5, 5.41) is 6.24. The van der Waals surface area contributed by atoms with Crippen molar-refractivity contribution in [3.8, 4) is 11.1 Å². The van der Waals surface area contributed by atoms with Crippen LogP contribution in [0, 0.1) is 0 Å². The molecule has 3 rings (SSSR count). The predicted octanol–water partition coefficient (Wildman–Crippen LogP) is 2.00. The molecule has 1 aromatic heterocycles. The van der Waals surface area contributed by atoms with Crippen LogP contribution in [0.2, 0.25) is 0 Å². The fourth-order valence-corrected chi connectivity index (χ4v) is 3.94. The molecule has 1 atom stereocenters. The average molecular weight is 419 g/mol. The van der Waals surface area contributed by atoms with Gasteiger partial charge in [0.1, 0.15) is 5.82 Å². The van der Waals surface area contributed by atoms with E-state index in [2.05, 4.69) is 20.3 Å². The Labute approximate surface area is 171 Å². The van der Waals surface area contributed by atoms with Gasteiger partial charge in [0.2, 0.25) is 15.9 Å². The molecule has 0 saturated carbocycles. The number of benzene rings is 1. The van der Waals surface area contributed by atoms with Crippen molar-refractivity contribution in [3.63, 3.8) is 0 Å². The molecule has 0 fully saturated rings. The molecule has 2 aromatic rings. The fourth-order valence-electron chi connectivity index (χ4n) is 3.38. The maximum atomic E-state index is 12.2. The van der Waals surface area contributed by atoms with Gasteiger partial charge in [0.05, 0.1) is 6.26 Å². The summed E-state index contributed by atoms with van der Waals surface area (Å²) in [7, 11) is -1.67. The summed E-state index contributed by atoms with van der Waals surface area (Å²) in [6.07, 6.45) is 4.72. The van der Waals surface area contributed by atoms with Gasteiger partial charge in [-0.05, 0) is 42.2 Å². The molecule has 0 bridgehead atoms. The monoisotopic (exact) mass is 418 g/mol. The first-order chi connectivity index (χ1) is 13.9. The highest BCUT2D eigenvalue weighted by atomic mass is 32.2. The van der Waals surface area contributed by atoms with E-state index in [4.69, 9.17) is 4.74 Å². The number of nitrogens with one attached hydrogen (secondary N) is 3. The largest absolute Gasteiger partial charge is 0.385 e. The number of hydrogen-bond acceptors (Lipinski definition) is 6. The van der Waals surface area contributed by atoms with Crippen LogP contribution in [-0.2, 0) is 26.0 Å². The number of carbonyl (C=O) groups excluding carboxylic acids is 1. The molecule has 0 saturated heterocycles.